The molecule has 0 radical (unpaired) electrons. The Balaban J connectivity index is 1.96. The Hall–Kier alpha value is -0.850. The van der Waals surface area contributed by atoms with Crippen molar-refractivity contribution in [3.05, 3.63) is 45.9 Å². The van der Waals surface area contributed by atoms with E-state index in [0.29, 0.717) is 17.1 Å². The fourth-order valence-electron chi connectivity index (χ4n) is 1.97. The molecule has 1 aromatic heterocycles. The number of aromatic nitrogens is 2. The van der Waals surface area contributed by atoms with Crippen LogP contribution in [0.2, 0.25) is 0 Å². The lowest BCUT2D eigenvalue weighted by molar-refractivity contribution is 0.601. The van der Waals surface area contributed by atoms with Crippen molar-refractivity contribution in [2.24, 2.45) is 12.8 Å². The molecular formula is C14H17BrFN3S. The predicted molar refractivity (Wildman–Crippen MR) is 84.4 cm³/mol. The van der Waals surface area contributed by atoms with Gasteiger partial charge in [-0.05, 0) is 35.0 Å². The second kappa shape index (κ2) is 6.74. The molecule has 0 spiro atoms. The summed E-state index contributed by atoms with van der Waals surface area (Å²) >= 11 is 4.98. The van der Waals surface area contributed by atoms with Crippen LogP contribution < -0.4 is 5.73 Å². The first-order chi connectivity index (χ1) is 9.49. The van der Waals surface area contributed by atoms with Gasteiger partial charge in [-0.25, -0.2) is 4.39 Å². The van der Waals surface area contributed by atoms with Crippen LogP contribution in [0.4, 0.5) is 4.39 Å². The average Bonchev–Trinajstić information content (AvgIpc) is 2.64. The molecular weight excluding hydrogens is 341 g/mol. The Labute approximate surface area is 130 Å². The van der Waals surface area contributed by atoms with E-state index in [1.54, 1.807) is 12.1 Å². The number of rotatable bonds is 5. The van der Waals surface area contributed by atoms with Crippen LogP contribution in [0.3, 0.4) is 0 Å². The van der Waals surface area contributed by atoms with Gasteiger partial charge in [-0.2, -0.15) is 5.10 Å². The lowest BCUT2D eigenvalue weighted by Gasteiger charge is -2.12. The molecule has 1 atom stereocenters. The van der Waals surface area contributed by atoms with Gasteiger partial charge in [-0.1, -0.05) is 12.1 Å². The molecule has 0 aliphatic carbocycles. The molecule has 0 fully saturated rings. The van der Waals surface area contributed by atoms with Gasteiger partial charge in [0.2, 0.25) is 0 Å². The highest BCUT2D eigenvalue weighted by atomic mass is 79.9. The molecule has 0 aliphatic heterocycles. The van der Waals surface area contributed by atoms with Gasteiger partial charge in [0.15, 0.2) is 0 Å². The standard InChI is InChI=1S/C14H17BrFN3S/c1-9-14(15)12(19(2)18-9)7-10(17)8-20-13-6-4-3-5-11(13)16/h3-6,10H,7-8,17H2,1-2H3. The minimum atomic E-state index is -0.192. The summed E-state index contributed by atoms with van der Waals surface area (Å²) in [5.74, 6) is 0.472. The van der Waals surface area contributed by atoms with Crippen LogP contribution in [0.25, 0.3) is 0 Å². The van der Waals surface area contributed by atoms with E-state index in [1.165, 1.54) is 17.8 Å². The first-order valence-corrected chi connectivity index (χ1v) is 8.07. The van der Waals surface area contributed by atoms with Gasteiger partial charge in [0, 0.05) is 30.2 Å². The number of halogens is 2. The van der Waals surface area contributed by atoms with Crippen LogP contribution in [0.15, 0.2) is 33.6 Å². The Morgan fingerprint density at radius 3 is 2.75 bits per heavy atom. The monoisotopic (exact) mass is 357 g/mol. The van der Waals surface area contributed by atoms with E-state index in [9.17, 15) is 4.39 Å². The molecule has 2 rings (SSSR count). The molecule has 6 heteroatoms. The Morgan fingerprint density at radius 1 is 1.45 bits per heavy atom. The van der Waals surface area contributed by atoms with E-state index in [0.717, 1.165) is 15.9 Å². The van der Waals surface area contributed by atoms with E-state index in [1.807, 2.05) is 24.7 Å². The predicted octanol–water partition coefficient (Wildman–Crippen LogP) is 3.29. The maximum absolute atomic E-state index is 13.5. The molecule has 0 saturated carbocycles. The molecule has 0 bridgehead atoms. The summed E-state index contributed by atoms with van der Waals surface area (Å²) in [6.45, 7) is 1.95. The van der Waals surface area contributed by atoms with Crippen molar-refractivity contribution in [3.63, 3.8) is 0 Å². The summed E-state index contributed by atoms with van der Waals surface area (Å²) in [5.41, 5.74) is 8.17. The molecule has 108 valence electrons. The number of nitrogens with zero attached hydrogens (tertiary/aromatic N) is 2. The fourth-order valence-corrected chi connectivity index (χ4v) is 3.36. The highest BCUT2D eigenvalue weighted by molar-refractivity contribution is 9.10. The highest BCUT2D eigenvalue weighted by Crippen LogP contribution is 2.24. The van der Waals surface area contributed by atoms with Crippen LogP contribution in [-0.2, 0) is 13.5 Å². The van der Waals surface area contributed by atoms with Crippen LogP contribution in [0, 0.1) is 12.7 Å². The third kappa shape index (κ3) is 3.62. The van der Waals surface area contributed by atoms with Crippen molar-refractivity contribution in [3.8, 4) is 0 Å². The summed E-state index contributed by atoms with van der Waals surface area (Å²) < 4.78 is 16.4. The first kappa shape index (κ1) is 15.5. The van der Waals surface area contributed by atoms with Crippen LogP contribution >= 0.6 is 27.7 Å². The van der Waals surface area contributed by atoms with Crippen molar-refractivity contribution in [1.29, 1.82) is 0 Å². The molecule has 2 aromatic rings. The zero-order valence-corrected chi connectivity index (χ0v) is 13.8. The minimum absolute atomic E-state index is 0.0503. The summed E-state index contributed by atoms with van der Waals surface area (Å²) in [7, 11) is 1.91. The van der Waals surface area contributed by atoms with Crippen LogP contribution in [0.1, 0.15) is 11.4 Å². The van der Waals surface area contributed by atoms with Crippen molar-refractivity contribution < 1.29 is 4.39 Å². The summed E-state index contributed by atoms with van der Waals surface area (Å²) in [6, 6.07) is 6.71. The van der Waals surface area contributed by atoms with Gasteiger partial charge in [0.1, 0.15) is 5.82 Å². The average molecular weight is 358 g/mol. The molecule has 0 saturated heterocycles. The van der Waals surface area contributed by atoms with Crippen LogP contribution in [-0.4, -0.2) is 21.6 Å². The fraction of sp³-hybridized carbons (Fsp3) is 0.357. The van der Waals surface area contributed by atoms with Gasteiger partial charge >= 0.3 is 0 Å². The number of thioether (sulfide) groups is 1. The normalized spacial score (nSPS) is 12.7. The largest absolute Gasteiger partial charge is 0.327 e. The second-order valence-electron chi connectivity index (χ2n) is 4.68. The zero-order valence-electron chi connectivity index (χ0n) is 11.4. The molecule has 1 unspecified atom stereocenters. The van der Waals surface area contributed by atoms with E-state index < -0.39 is 0 Å². The van der Waals surface area contributed by atoms with Crippen molar-refractivity contribution in [2.75, 3.05) is 5.75 Å². The zero-order chi connectivity index (χ0) is 14.7. The molecule has 1 aromatic carbocycles. The number of aryl methyl sites for hydroxylation is 2. The maximum Gasteiger partial charge on any atom is 0.136 e. The maximum atomic E-state index is 13.5. The van der Waals surface area contributed by atoms with Crippen molar-refractivity contribution >= 4 is 27.7 Å². The number of benzene rings is 1. The van der Waals surface area contributed by atoms with Crippen molar-refractivity contribution in [1.82, 2.24) is 9.78 Å². The lowest BCUT2D eigenvalue weighted by Crippen LogP contribution is -2.27. The van der Waals surface area contributed by atoms with Gasteiger partial charge in [0.05, 0.1) is 15.9 Å². The van der Waals surface area contributed by atoms with Gasteiger partial charge in [-0.15, -0.1) is 11.8 Å². The molecule has 0 amide bonds. The van der Waals surface area contributed by atoms with Gasteiger partial charge in [0.25, 0.3) is 0 Å². The third-order valence-corrected chi connectivity index (χ3v) is 5.28. The number of hydrogen-bond acceptors (Lipinski definition) is 3. The van der Waals surface area contributed by atoms with Gasteiger partial charge < -0.3 is 5.73 Å². The van der Waals surface area contributed by atoms with Crippen molar-refractivity contribution in [2.45, 2.75) is 24.3 Å². The molecule has 3 nitrogen and oxygen atoms in total. The van der Waals surface area contributed by atoms with E-state index in [4.69, 9.17) is 5.73 Å². The minimum Gasteiger partial charge on any atom is -0.327 e. The SMILES string of the molecule is Cc1nn(C)c(CC(N)CSc2ccccc2F)c1Br. The summed E-state index contributed by atoms with van der Waals surface area (Å²) in [4.78, 5) is 0.642. The smallest absolute Gasteiger partial charge is 0.136 e. The number of nitrogens with two attached hydrogens (primary N) is 1. The van der Waals surface area contributed by atoms with Crippen LogP contribution in [0.5, 0.6) is 0 Å². The third-order valence-electron chi connectivity index (χ3n) is 3.01. The molecule has 2 N–H and O–H groups in total. The number of hydrogen-bond donors (Lipinski definition) is 1. The summed E-state index contributed by atoms with van der Waals surface area (Å²) in [6.07, 6.45) is 0.708. The molecule has 0 aliphatic rings. The summed E-state index contributed by atoms with van der Waals surface area (Å²) in [5, 5.41) is 4.34. The Morgan fingerprint density at radius 2 is 2.15 bits per heavy atom. The second-order valence-corrected chi connectivity index (χ2v) is 6.53. The molecule has 1 heterocycles. The molecule has 20 heavy (non-hydrogen) atoms. The lowest BCUT2D eigenvalue weighted by atomic mass is 10.2. The van der Waals surface area contributed by atoms with E-state index >= 15 is 0 Å². The Kier molecular flexibility index (Phi) is 5.23. The Bertz CT molecular complexity index is 600. The van der Waals surface area contributed by atoms with E-state index in [-0.39, 0.29) is 11.9 Å². The quantitative estimate of drug-likeness (QED) is 0.835. The van der Waals surface area contributed by atoms with Gasteiger partial charge in [-0.3, -0.25) is 4.68 Å². The first-order valence-electron chi connectivity index (χ1n) is 6.30. The topological polar surface area (TPSA) is 43.8 Å². The van der Waals surface area contributed by atoms with E-state index in [2.05, 4.69) is 21.0 Å². The highest BCUT2D eigenvalue weighted by Gasteiger charge is 2.15.